The fourth-order valence-corrected chi connectivity index (χ4v) is 3.81. The molecule has 0 bridgehead atoms. The molecule has 3 heterocycles. The van der Waals surface area contributed by atoms with Gasteiger partial charge in [-0.3, -0.25) is 4.90 Å². The van der Waals surface area contributed by atoms with E-state index in [1.54, 1.807) is 11.3 Å². The Labute approximate surface area is 152 Å². The molecule has 4 nitrogen and oxygen atoms in total. The summed E-state index contributed by atoms with van der Waals surface area (Å²) in [4.78, 5) is 12.9. The number of aromatic nitrogens is 2. The van der Waals surface area contributed by atoms with Crippen LogP contribution in [0.25, 0.3) is 10.7 Å². The van der Waals surface area contributed by atoms with Crippen molar-refractivity contribution < 1.29 is 0 Å². The molecule has 25 heavy (non-hydrogen) atoms. The summed E-state index contributed by atoms with van der Waals surface area (Å²) in [7, 11) is 0. The topological polar surface area (TPSA) is 41.0 Å². The number of hydrogen-bond acceptors (Lipinski definition) is 5. The molecule has 0 amide bonds. The summed E-state index contributed by atoms with van der Waals surface area (Å²) in [5.74, 6) is 1.73. The Morgan fingerprint density at radius 3 is 2.76 bits per heavy atom. The molecule has 0 saturated carbocycles. The molecule has 2 aromatic heterocycles. The number of rotatable bonds is 6. The second kappa shape index (κ2) is 7.33. The minimum Gasteiger partial charge on any atom is -0.368 e. The van der Waals surface area contributed by atoms with E-state index in [0.29, 0.717) is 6.04 Å². The summed E-state index contributed by atoms with van der Waals surface area (Å²) in [5, 5.41) is 5.58. The zero-order valence-electron chi connectivity index (χ0n) is 14.4. The van der Waals surface area contributed by atoms with Crippen molar-refractivity contribution in [3.05, 3.63) is 65.2 Å². The third-order valence-electron chi connectivity index (χ3n) is 4.61. The van der Waals surface area contributed by atoms with Crippen molar-refractivity contribution in [2.75, 3.05) is 18.4 Å². The van der Waals surface area contributed by atoms with E-state index < -0.39 is 0 Å². The van der Waals surface area contributed by atoms with E-state index in [0.717, 1.165) is 35.3 Å². The molecule has 0 spiro atoms. The van der Waals surface area contributed by atoms with Gasteiger partial charge in [-0.25, -0.2) is 9.97 Å². The standard InChI is InChI=1S/C20H22N4S/c1-15-12-19(23-20(22-15)18-8-5-11-25-18)21-13-17-9-10-24(17)14-16-6-3-2-4-7-16/h2-8,11-12,17H,9-10,13-14H2,1H3,(H,21,22,23). The monoisotopic (exact) mass is 350 g/mol. The summed E-state index contributed by atoms with van der Waals surface area (Å²) >= 11 is 1.67. The first-order chi connectivity index (χ1) is 12.3. The molecule has 1 saturated heterocycles. The van der Waals surface area contributed by atoms with Crippen molar-refractivity contribution in [1.82, 2.24) is 14.9 Å². The number of thiophene rings is 1. The smallest absolute Gasteiger partial charge is 0.171 e. The van der Waals surface area contributed by atoms with Gasteiger partial charge in [-0.05, 0) is 30.4 Å². The Morgan fingerprint density at radius 2 is 2.04 bits per heavy atom. The summed E-state index contributed by atoms with van der Waals surface area (Å²) in [5.41, 5.74) is 2.38. The first kappa shape index (κ1) is 16.2. The minimum atomic E-state index is 0.570. The van der Waals surface area contributed by atoms with E-state index in [-0.39, 0.29) is 0 Å². The zero-order valence-corrected chi connectivity index (χ0v) is 15.2. The molecule has 3 aromatic rings. The van der Waals surface area contributed by atoms with E-state index in [9.17, 15) is 0 Å². The average molecular weight is 350 g/mol. The van der Waals surface area contributed by atoms with Crippen LogP contribution < -0.4 is 5.32 Å². The summed E-state index contributed by atoms with van der Waals surface area (Å²) in [6.45, 7) is 5.14. The van der Waals surface area contributed by atoms with Gasteiger partial charge in [-0.15, -0.1) is 11.3 Å². The van der Waals surface area contributed by atoms with Crippen molar-refractivity contribution in [3.8, 4) is 10.7 Å². The predicted molar refractivity (Wildman–Crippen MR) is 104 cm³/mol. The van der Waals surface area contributed by atoms with Gasteiger partial charge < -0.3 is 5.32 Å². The third-order valence-corrected chi connectivity index (χ3v) is 5.47. The van der Waals surface area contributed by atoms with Crippen LogP contribution in [0.1, 0.15) is 17.7 Å². The number of nitrogens with zero attached hydrogens (tertiary/aromatic N) is 3. The van der Waals surface area contributed by atoms with Crippen LogP contribution >= 0.6 is 11.3 Å². The predicted octanol–water partition coefficient (Wildman–Crippen LogP) is 4.20. The van der Waals surface area contributed by atoms with Crippen LogP contribution in [0.3, 0.4) is 0 Å². The maximum atomic E-state index is 4.69. The van der Waals surface area contributed by atoms with Crippen molar-refractivity contribution in [1.29, 1.82) is 0 Å². The quantitative estimate of drug-likeness (QED) is 0.723. The van der Waals surface area contributed by atoms with Crippen LogP contribution in [0.5, 0.6) is 0 Å². The second-order valence-corrected chi connectivity index (χ2v) is 7.42. The lowest BCUT2D eigenvalue weighted by atomic mass is 10.0. The van der Waals surface area contributed by atoms with Gasteiger partial charge in [0.05, 0.1) is 4.88 Å². The lowest BCUT2D eigenvalue weighted by molar-refractivity contribution is 0.0912. The van der Waals surface area contributed by atoms with E-state index in [4.69, 9.17) is 0 Å². The molecule has 5 heteroatoms. The van der Waals surface area contributed by atoms with Crippen molar-refractivity contribution in [2.24, 2.45) is 0 Å². The van der Waals surface area contributed by atoms with Gasteiger partial charge in [-0.2, -0.15) is 0 Å². The zero-order chi connectivity index (χ0) is 17.1. The second-order valence-electron chi connectivity index (χ2n) is 6.47. The van der Waals surface area contributed by atoms with Crippen LogP contribution in [0.4, 0.5) is 5.82 Å². The number of benzene rings is 1. The number of likely N-dealkylation sites (tertiary alicyclic amines) is 1. The van der Waals surface area contributed by atoms with Gasteiger partial charge in [0.2, 0.25) is 0 Å². The van der Waals surface area contributed by atoms with Gasteiger partial charge in [-0.1, -0.05) is 36.4 Å². The Balaban J connectivity index is 1.38. The molecule has 4 rings (SSSR count). The molecule has 0 aliphatic carbocycles. The van der Waals surface area contributed by atoms with Crippen molar-refractivity contribution >= 4 is 17.2 Å². The molecule has 1 aliphatic heterocycles. The first-order valence-electron chi connectivity index (χ1n) is 8.69. The highest BCUT2D eigenvalue weighted by molar-refractivity contribution is 7.13. The number of nitrogens with one attached hydrogen (secondary N) is 1. The van der Waals surface area contributed by atoms with Gasteiger partial charge in [0.1, 0.15) is 5.82 Å². The summed E-state index contributed by atoms with van der Waals surface area (Å²) in [6.07, 6.45) is 1.24. The number of aryl methyl sites for hydroxylation is 1. The Hall–Kier alpha value is -2.24. The SMILES string of the molecule is Cc1cc(NCC2CCN2Cc2ccccc2)nc(-c2cccs2)n1. The van der Waals surface area contributed by atoms with Crippen molar-refractivity contribution in [3.63, 3.8) is 0 Å². The normalized spacial score (nSPS) is 17.2. The van der Waals surface area contributed by atoms with Crippen LogP contribution in [-0.2, 0) is 6.54 Å². The highest BCUT2D eigenvalue weighted by atomic mass is 32.1. The maximum Gasteiger partial charge on any atom is 0.171 e. The molecular weight excluding hydrogens is 328 g/mol. The lowest BCUT2D eigenvalue weighted by Crippen LogP contribution is -2.50. The van der Waals surface area contributed by atoms with Gasteiger partial charge in [0, 0.05) is 37.4 Å². The van der Waals surface area contributed by atoms with Crippen LogP contribution in [0, 0.1) is 6.92 Å². The molecule has 128 valence electrons. The molecule has 1 unspecified atom stereocenters. The Morgan fingerprint density at radius 1 is 1.16 bits per heavy atom. The van der Waals surface area contributed by atoms with Gasteiger partial charge >= 0.3 is 0 Å². The van der Waals surface area contributed by atoms with E-state index in [2.05, 4.69) is 62.0 Å². The number of hydrogen-bond donors (Lipinski definition) is 1. The van der Waals surface area contributed by atoms with Crippen LogP contribution in [0.15, 0.2) is 53.9 Å². The molecule has 1 fully saturated rings. The van der Waals surface area contributed by atoms with E-state index in [1.807, 2.05) is 19.1 Å². The molecular formula is C20H22N4S. The molecule has 1 aromatic carbocycles. The third kappa shape index (κ3) is 3.89. The summed E-state index contributed by atoms with van der Waals surface area (Å²) < 4.78 is 0. The highest BCUT2D eigenvalue weighted by Crippen LogP contribution is 2.24. The molecule has 0 radical (unpaired) electrons. The number of anilines is 1. The highest BCUT2D eigenvalue weighted by Gasteiger charge is 2.27. The first-order valence-corrected chi connectivity index (χ1v) is 9.57. The minimum absolute atomic E-state index is 0.570. The molecule has 1 atom stereocenters. The summed E-state index contributed by atoms with van der Waals surface area (Å²) in [6, 6.07) is 17.4. The van der Waals surface area contributed by atoms with E-state index >= 15 is 0 Å². The largest absolute Gasteiger partial charge is 0.368 e. The van der Waals surface area contributed by atoms with Gasteiger partial charge in [0.15, 0.2) is 5.82 Å². The van der Waals surface area contributed by atoms with Crippen molar-refractivity contribution in [2.45, 2.75) is 25.9 Å². The Bertz CT molecular complexity index is 817. The van der Waals surface area contributed by atoms with E-state index in [1.165, 1.54) is 18.5 Å². The molecule has 1 aliphatic rings. The van der Waals surface area contributed by atoms with Gasteiger partial charge in [0.25, 0.3) is 0 Å². The van der Waals surface area contributed by atoms with Crippen LogP contribution in [-0.4, -0.2) is 34.0 Å². The van der Waals surface area contributed by atoms with Crippen LogP contribution in [0.2, 0.25) is 0 Å². The fourth-order valence-electron chi connectivity index (χ4n) is 3.15. The lowest BCUT2D eigenvalue weighted by Gasteiger charge is -2.41. The average Bonchev–Trinajstić information content (AvgIpc) is 3.14. The maximum absolute atomic E-state index is 4.69. The Kier molecular flexibility index (Phi) is 4.76. The molecule has 1 N–H and O–H groups in total. The fraction of sp³-hybridized carbons (Fsp3) is 0.300.